The summed E-state index contributed by atoms with van der Waals surface area (Å²) in [6.07, 6.45) is -4.44. The number of alkyl halides is 3. The topological polar surface area (TPSA) is 52.9 Å². The monoisotopic (exact) mass is 334 g/mol. The zero-order chi connectivity index (χ0) is 14.6. The van der Waals surface area contributed by atoms with Crippen LogP contribution in [0.4, 0.5) is 13.2 Å². The van der Waals surface area contributed by atoms with Crippen molar-refractivity contribution >= 4 is 21.8 Å². The van der Waals surface area contributed by atoms with Crippen molar-refractivity contribution < 1.29 is 18.0 Å². The highest BCUT2D eigenvalue weighted by Gasteiger charge is 2.33. The molecular formula is C12H10BrF3N2O. The minimum Gasteiger partial charge on any atom is -0.349 e. The zero-order valence-electron chi connectivity index (χ0n) is 9.88. The van der Waals surface area contributed by atoms with E-state index in [0.717, 1.165) is 6.07 Å². The van der Waals surface area contributed by atoms with Gasteiger partial charge in [-0.3, -0.25) is 4.79 Å². The molecule has 0 aromatic heterocycles. The molecule has 102 valence electrons. The standard InChI is InChI=1S/C12H10BrF3N2O/c1-7(4-5-17)18-11(19)8-2-3-10(13)9(6-8)12(14,15)16/h2-3,6-7H,4H2,1H3,(H,18,19). The number of rotatable bonds is 3. The molecule has 0 aliphatic carbocycles. The normalized spacial score (nSPS) is 12.6. The molecule has 1 N–H and O–H groups in total. The summed E-state index contributed by atoms with van der Waals surface area (Å²) in [7, 11) is 0. The first kappa shape index (κ1) is 15.5. The molecule has 0 spiro atoms. The molecule has 0 radical (unpaired) electrons. The van der Waals surface area contributed by atoms with Gasteiger partial charge in [-0.2, -0.15) is 18.4 Å². The van der Waals surface area contributed by atoms with E-state index in [4.69, 9.17) is 5.26 Å². The zero-order valence-corrected chi connectivity index (χ0v) is 11.5. The number of nitrogens with zero attached hydrogens (tertiary/aromatic N) is 1. The van der Waals surface area contributed by atoms with Gasteiger partial charge in [-0.05, 0) is 25.1 Å². The van der Waals surface area contributed by atoms with Crippen molar-refractivity contribution in [3.8, 4) is 6.07 Å². The van der Waals surface area contributed by atoms with Crippen molar-refractivity contribution in [2.45, 2.75) is 25.6 Å². The van der Waals surface area contributed by atoms with Crippen LogP contribution in [-0.4, -0.2) is 11.9 Å². The maximum absolute atomic E-state index is 12.7. The summed E-state index contributed by atoms with van der Waals surface area (Å²) in [5, 5.41) is 10.9. The average Bonchev–Trinajstić information content (AvgIpc) is 2.27. The molecule has 19 heavy (non-hydrogen) atoms. The number of benzene rings is 1. The highest BCUT2D eigenvalue weighted by atomic mass is 79.9. The Bertz CT molecular complexity index is 523. The first-order chi connectivity index (χ1) is 8.75. The van der Waals surface area contributed by atoms with Gasteiger partial charge in [0.1, 0.15) is 0 Å². The van der Waals surface area contributed by atoms with E-state index in [9.17, 15) is 18.0 Å². The van der Waals surface area contributed by atoms with Crippen molar-refractivity contribution in [2.24, 2.45) is 0 Å². The minimum atomic E-state index is -4.53. The fourth-order valence-electron chi connectivity index (χ4n) is 1.38. The third kappa shape index (κ3) is 4.24. The second-order valence-corrected chi connectivity index (χ2v) is 4.78. The number of hydrogen-bond acceptors (Lipinski definition) is 2. The fraction of sp³-hybridized carbons (Fsp3) is 0.333. The first-order valence-corrected chi connectivity index (χ1v) is 6.09. The Morgan fingerprint density at radius 3 is 2.68 bits per heavy atom. The highest BCUT2D eigenvalue weighted by Crippen LogP contribution is 2.35. The largest absolute Gasteiger partial charge is 0.417 e. The van der Waals surface area contributed by atoms with E-state index >= 15 is 0 Å². The van der Waals surface area contributed by atoms with Crippen LogP contribution in [0.1, 0.15) is 29.3 Å². The summed E-state index contributed by atoms with van der Waals surface area (Å²) in [6.45, 7) is 1.60. The summed E-state index contributed by atoms with van der Waals surface area (Å²) in [6, 6.07) is 4.68. The molecular weight excluding hydrogens is 325 g/mol. The number of carbonyl (C=O) groups excluding carboxylic acids is 1. The molecule has 0 saturated heterocycles. The van der Waals surface area contributed by atoms with Gasteiger partial charge in [0, 0.05) is 16.1 Å². The van der Waals surface area contributed by atoms with Crippen LogP contribution in [0.15, 0.2) is 22.7 Å². The molecule has 1 aromatic carbocycles. The third-order valence-electron chi connectivity index (χ3n) is 2.31. The number of nitriles is 1. The van der Waals surface area contributed by atoms with E-state index in [0.29, 0.717) is 0 Å². The van der Waals surface area contributed by atoms with Gasteiger partial charge < -0.3 is 5.32 Å². The summed E-state index contributed by atoms with van der Waals surface area (Å²) in [5.74, 6) is -0.638. The van der Waals surface area contributed by atoms with Crippen LogP contribution in [0.2, 0.25) is 0 Å². The molecule has 0 heterocycles. The van der Waals surface area contributed by atoms with Crippen molar-refractivity contribution in [1.29, 1.82) is 5.26 Å². The number of nitrogens with one attached hydrogen (secondary N) is 1. The Balaban J connectivity index is 2.97. The highest BCUT2D eigenvalue weighted by molar-refractivity contribution is 9.10. The van der Waals surface area contributed by atoms with Crippen molar-refractivity contribution in [3.63, 3.8) is 0 Å². The Hall–Kier alpha value is -1.55. The van der Waals surface area contributed by atoms with E-state index in [2.05, 4.69) is 21.2 Å². The van der Waals surface area contributed by atoms with Crippen molar-refractivity contribution in [1.82, 2.24) is 5.32 Å². The van der Waals surface area contributed by atoms with Gasteiger partial charge in [0.25, 0.3) is 5.91 Å². The van der Waals surface area contributed by atoms with Gasteiger partial charge in [-0.15, -0.1) is 0 Å². The molecule has 3 nitrogen and oxygen atoms in total. The lowest BCUT2D eigenvalue weighted by Crippen LogP contribution is -2.32. The van der Waals surface area contributed by atoms with E-state index in [1.165, 1.54) is 12.1 Å². The summed E-state index contributed by atoms with van der Waals surface area (Å²) in [5.41, 5.74) is -1.01. The SMILES string of the molecule is CC(CC#N)NC(=O)c1ccc(Br)c(C(F)(F)F)c1. The molecule has 1 aromatic rings. The lowest BCUT2D eigenvalue weighted by molar-refractivity contribution is -0.138. The van der Waals surface area contributed by atoms with E-state index in [1.54, 1.807) is 6.92 Å². The van der Waals surface area contributed by atoms with E-state index in [1.807, 2.05) is 6.07 Å². The summed E-state index contributed by atoms with van der Waals surface area (Å²) in [4.78, 5) is 11.7. The molecule has 0 bridgehead atoms. The van der Waals surface area contributed by atoms with E-state index < -0.39 is 23.7 Å². The third-order valence-corrected chi connectivity index (χ3v) is 3.00. The minimum absolute atomic E-state index is 0.0917. The van der Waals surface area contributed by atoms with Gasteiger partial charge in [0.15, 0.2) is 0 Å². The molecule has 1 atom stereocenters. The Labute approximate surface area is 116 Å². The second kappa shape index (κ2) is 6.06. The summed E-state index contributed by atoms with van der Waals surface area (Å²) >= 11 is 2.80. The number of amides is 1. The van der Waals surface area contributed by atoms with Gasteiger partial charge in [-0.1, -0.05) is 15.9 Å². The van der Waals surface area contributed by atoms with Crippen LogP contribution in [0.25, 0.3) is 0 Å². The summed E-state index contributed by atoms with van der Waals surface area (Å²) < 4.78 is 37.9. The fourth-order valence-corrected chi connectivity index (χ4v) is 1.85. The maximum Gasteiger partial charge on any atom is 0.417 e. The average molecular weight is 335 g/mol. The predicted octanol–water partition coefficient (Wildman–Crippen LogP) is 3.50. The number of halogens is 4. The molecule has 0 aliphatic rings. The van der Waals surface area contributed by atoms with Crippen LogP contribution in [0.3, 0.4) is 0 Å². The second-order valence-electron chi connectivity index (χ2n) is 3.93. The van der Waals surface area contributed by atoms with Crippen LogP contribution in [0, 0.1) is 11.3 Å². The molecule has 1 unspecified atom stereocenters. The quantitative estimate of drug-likeness (QED) is 0.919. The van der Waals surface area contributed by atoms with Crippen molar-refractivity contribution in [2.75, 3.05) is 0 Å². The molecule has 0 fully saturated rings. The van der Waals surface area contributed by atoms with Crippen LogP contribution >= 0.6 is 15.9 Å². The Kier molecular flexibility index (Phi) is 4.95. The Morgan fingerprint density at radius 1 is 1.53 bits per heavy atom. The van der Waals surface area contributed by atoms with Crippen LogP contribution < -0.4 is 5.32 Å². The van der Waals surface area contributed by atoms with Crippen LogP contribution in [-0.2, 0) is 6.18 Å². The molecule has 0 aliphatic heterocycles. The smallest absolute Gasteiger partial charge is 0.349 e. The van der Waals surface area contributed by atoms with Crippen molar-refractivity contribution in [3.05, 3.63) is 33.8 Å². The lowest BCUT2D eigenvalue weighted by Gasteiger charge is -2.13. The Morgan fingerprint density at radius 2 is 2.16 bits per heavy atom. The van der Waals surface area contributed by atoms with Gasteiger partial charge >= 0.3 is 6.18 Å². The number of hydrogen-bond donors (Lipinski definition) is 1. The lowest BCUT2D eigenvalue weighted by atomic mass is 10.1. The van der Waals surface area contributed by atoms with E-state index in [-0.39, 0.29) is 16.5 Å². The molecule has 0 saturated carbocycles. The molecule has 7 heteroatoms. The van der Waals surface area contributed by atoms with Gasteiger partial charge in [0.05, 0.1) is 18.1 Å². The maximum atomic E-state index is 12.7. The predicted molar refractivity (Wildman–Crippen MR) is 66.3 cm³/mol. The molecule has 1 amide bonds. The first-order valence-electron chi connectivity index (χ1n) is 5.30. The van der Waals surface area contributed by atoms with Gasteiger partial charge in [-0.25, -0.2) is 0 Å². The van der Waals surface area contributed by atoms with Crippen LogP contribution in [0.5, 0.6) is 0 Å². The molecule has 1 rings (SSSR count). The number of carbonyl (C=O) groups is 1. The van der Waals surface area contributed by atoms with Gasteiger partial charge in [0.2, 0.25) is 0 Å².